The predicted molar refractivity (Wildman–Crippen MR) is 110 cm³/mol. The summed E-state index contributed by atoms with van der Waals surface area (Å²) in [7, 11) is 4.02. The number of carbonyl (C=O) groups is 1. The number of carbonyl (C=O) groups excluding carboxylic acids is 1. The average molecular weight is 368 g/mol. The second-order valence-corrected chi connectivity index (χ2v) is 7.07. The van der Waals surface area contributed by atoms with Gasteiger partial charge in [0, 0.05) is 43.6 Å². The summed E-state index contributed by atoms with van der Waals surface area (Å²) in [5, 5.41) is 6.11. The first-order chi connectivity index (χ1) is 13.1. The number of piperidine rings is 1. The molecule has 1 saturated heterocycles. The second kappa shape index (κ2) is 9.32. The van der Waals surface area contributed by atoms with Gasteiger partial charge in [0.1, 0.15) is 17.8 Å². The molecule has 0 unspecified atom stereocenters. The largest absolute Gasteiger partial charge is 0.372 e. The third kappa shape index (κ3) is 5.65. The molecule has 2 aromatic rings. The van der Waals surface area contributed by atoms with Crippen molar-refractivity contribution in [2.75, 3.05) is 55.8 Å². The minimum Gasteiger partial charge on any atom is -0.372 e. The van der Waals surface area contributed by atoms with Gasteiger partial charge in [-0.25, -0.2) is 9.97 Å². The zero-order valence-corrected chi connectivity index (χ0v) is 16.1. The molecule has 0 radical (unpaired) electrons. The van der Waals surface area contributed by atoms with E-state index in [4.69, 9.17) is 0 Å². The van der Waals surface area contributed by atoms with E-state index in [1.54, 1.807) is 6.07 Å². The summed E-state index contributed by atoms with van der Waals surface area (Å²) < 4.78 is 0. The molecule has 0 bridgehead atoms. The fourth-order valence-corrected chi connectivity index (χ4v) is 3.09. The fraction of sp³-hybridized carbons (Fsp3) is 0.450. The zero-order chi connectivity index (χ0) is 19.1. The molecule has 1 aromatic heterocycles. The van der Waals surface area contributed by atoms with Crippen LogP contribution in [0.1, 0.15) is 29.8 Å². The van der Waals surface area contributed by atoms with E-state index in [1.807, 2.05) is 26.2 Å². The Bertz CT molecular complexity index is 740. The number of likely N-dealkylation sites (N-methyl/N-ethyl adjacent to an activating group) is 1. The molecular weight excluding hydrogens is 340 g/mol. The van der Waals surface area contributed by atoms with Gasteiger partial charge in [-0.1, -0.05) is 0 Å². The Morgan fingerprint density at radius 2 is 1.85 bits per heavy atom. The van der Waals surface area contributed by atoms with Gasteiger partial charge in [-0.15, -0.1) is 0 Å². The monoisotopic (exact) mass is 368 g/mol. The molecule has 144 valence electrons. The van der Waals surface area contributed by atoms with Crippen LogP contribution in [0.15, 0.2) is 36.7 Å². The average Bonchev–Trinajstić information content (AvgIpc) is 2.69. The molecule has 7 nitrogen and oxygen atoms in total. The number of hydrogen-bond donors (Lipinski definition) is 2. The van der Waals surface area contributed by atoms with Crippen molar-refractivity contribution in [2.24, 2.45) is 0 Å². The molecule has 0 spiro atoms. The number of anilines is 3. The number of benzene rings is 1. The molecule has 1 amide bonds. The van der Waals surface area contributed by atoms with Crippen molar-refractivity contribution in [2.45, 2.75) is 19.3 Å². The Hall–Kier alpha value is -2.67. The third-order valence-corrected chi connectivity index (χ3v) is 4.61. The van der Waals surface area contributed by atoms with Gasteiger partial charge in [0.05, 0.1) is 0 Å². The third-order valence-electron chi connectivity index (χ3n) is 4.61. The lowest BCUT2D eigenvalue weighted by molar-refractivity contribution is 0.102. The van der Waals surface area contributed by atoms with Crippen molar-refractivity contribution in [3.63, 3.8) is 0 Å². The van der Waals surface area contributed by atoms with Crippen molar-refractivity contribution in [1.29, 1.82) is 0 Å². The molecule has 1 aliphatic heterocycles. The maximum atomic E-state index is 12.5. The normalized spacial score (nSPS) is 14.3. The number of amides is 1. The zero-order valence-electron chi connectivity index (χ0n) is 16.1. The summed E-state index contributed by atoms with van der Waals surface area (Å²) in [4.78, 5) is 25.2. The number of nitrogens with one attached hydrogen (secondary N) is 2. The smallest absolute Gasteiger partial charge is 0.274 e. The van der Waals surface area contributed by atoms with Crippen LogP contribution in [0.3, 0.4) is 0 Å². The lowest BCUT2D eigenvalue weighted by Gasteiger charge is -2.28. The first kappa shape index (κ1) is 19.1. The van der Waals surface area contributed by atoms with E-state index in [0.29, 0.717) is 11.5 Å². The summed E-state index contributed by atoms with van der Waals surface area (Å²) in [6.07, 6.45) is 5.22. The lowest BCUT2D eigenvalue weighted by Crippen LogP contribution is -2.29. The maximum absolute atomic E-state index is 12.5. The van der Waals surface area contributed by atoms with Crippen LogP contribution in [0.4, 0.5) is 17.2 Å². The quantitative estimate of drug-likeness (QED) is 0.783. The van der Waals surface area contributed by atoms with Gasteiger partial charge in [0.15, 0.2) is 0 Å². The van der Waals surface area contributed by atoms with Gasteiger partial charge in [0.25, 0.3) is 5.91 Å². The predicted octanol–water partition coefficient (Wildman–Crippen LogP) is 2.69. The van der Waals surface area contributed by atoms with Crippen LogP contribution in [0.25, 0.3) is 0 Å². The maximum Gasteiger partial charge on any atom is 0.274 e. The molecule has 0 saturated carbocycles. The van der Waals surface area contributed by atoms with Crippen LogP contribution in [0.5, 0.6) is 0 Å². The second-order valence-electron chi connectivity index (χ2n) is 7.07. The van der Waals surface area contributed by atoms with Crippen LogP contribution >= 0.6 is 0 Å². The van der Waals surface area contributed by atoms with E-state index in [1.165, 1.54) is 31.3 Å². The van der Waals surface area contributed by atoms with Gasteiger partial charge in [0.2, 0.25) is 0 Å². The Kier molecular flexibility index (Phi) is 6.59. The number of nitrogens with zero attached hydrogens (tertiary/aromatic N) is 4. The first-order valence-electron chi connectivity index (χ1n) is 9.49. The van der Waals surface area contributed by atoms with E-state index in [9.17, 15) is 4.79 Å². The standard InChI is InChI=1S/C20H28N6O/c1-25(2)13-10-21-19-14-18(22-15-23-19)20(27)24-16-6-8-17(9-7-16)26-11-4-3-5-12-26/h6-9,14-15H,3-5,10-13H2,1-2H3,(H,24,27)(H,21,22,23). The van der Waals surface area contributed by atoms with Gasteiger partial charge >= 0.3 is 0 Å². The van der Waals surface area contributed by atoms with E-state index >= 15 is 0 Å². The van der Waals surface area contributed by atoms with Crippen molar-refractivity contribution in [1.82, 2.24) is 14.9 Å². The van der Waals surface area contributed by atoms with Crippen LogP contribution in [0, 0.1) is 0 Å². The summed E-state index contributed by atoms with van der Waals surface area (Å²) >= 11 is 0. The number of hydrogen-bond acceptors (Lipinski definition) is 6. The first-order valence-corrected chi connectivity index (χ1v) is 9.49. The molecule has 3 rings (SSSR count). The highest BCUT2D eigenvalue weighted by Gasteiger charge is 2.12. The fourth-order valence-electron chi connectivity index (χ4n) is 3.09. The molecule has 27 heavy (non-hydrogen) atoms. The number of rotatable bonds is 7. The highest BCUT2D eigenvalue weighted by molar-refractivity contribution is 6.03. The molecule has 7 heteroatoms. The van der Waals surface area contributed by atoms with Gasteiger partial charge in [-0.2, -0.15) is 0 Å². The Morgan fingerprint density at radius 1 is 1.11 bits per heavy atom. The van der Waals surface area contributed by atoms with E-state index < -0.39 is 0 Å². The van der Waals surface area contributed by atoms with Crippen LogP contribution in [-0.4, -0.2) is 61.0 Å². The Morgan fingerprint density at radius 3 is 2.56 bits per heavy atom. The van der Waals surface area contributed by atoms with Crippen molar-refractivity contribution >= 4 is 23.1 Å². The molecule has 2 N–H and O–H groups in total. The molecule has 1 fully saturated rings. The molecule has 0 atom stereocenters. The minimum atomic E-state index is -0.237. The topological polar surface area (TPSA) is 73.4 Å². The molecule has 2 heterocycles. The Labute approximate surface area is 160 Å². The van der Waals surface area contributed by atoms with E-state index in [-0.39, 0.29) is 5.91 Å². The summed E-state index contributed by atoms with van der Waals surface area (Å²) in [5.74, 6) is 0.413. The Balaban J connectivity index is 1.58. The van der Waals surface area contributed by atoms with Gasteiger partial charge in [-0.3, -0.25) is 4.79 Å². The lowest BCUT2D eigenvalue weighted by atomic mass is 10.1. The van der Waals surface area contributed by atoms with Crippen LogP contribution in [0.2, 0.25) is 0 Å². The van der Waals surface area contributed by atoms with Crippen molar-refractivity contribution in [3.8, 4) is 0 Å². The molecular formula is C20H28N6O. The van der Waals surface area contributed by atoms with E-state index in [0.717, 1.165) is 31.9 Å². The highest BCUT2D eigenvalue weighted by atomic mass is 16.1. The molecule has 1 aliphatic rings. The highest BCUT2D eigenvalue weighted by Crippen LogP contribution is 2.22. The van der Waals surface area contributed by atoms with E-state index in [2.05, 4.69) is 42.5 Å². The van der Waals surface area contributed by atoms with Gasteiger partial charge in [-0.05, 0) is 57.6 Å². The van der Waals surface area contributed by atoms with Gasteiger partial charge < -0.3 is 20.4 Å². The summed E-state index contributed by atoms with van der Waals surface area (Å²) in [6.45, 7) is 3.85. The van der Waals surface area contributed by atoms with Crippen LogP contribution < -0.4 is 15.5 Å². The molecule has 1 aromatic carbocycles. The summed E-state index contributed by atoms with van der Waals surface area (Å²) in [6, 6.07) is 9.69. The molecule has 0 aliphatic carbocycles. The summed E-state index contributed by atoms with van der Waals surface area (Å²) in [5.41, 5.74) is 2.32. The van der Waals surface area contributed by atoms with Crippen LogP contribution in [-0.2, 0) is 0 Å². The minimum absolute atomic E-state index is 0.237. The SMILES string of the molecule is CN(C)CCNc1cc(C(=O)Nc2ccc(N3CCCCC3)cc2)ncn1. The van der Waals surface area contributed by atoms with Crippen molar-refractivity contribution in [3.05, 3.63) is 42.4 Å². The van der Waals surface area contributed by atoms with Crippen molar-refractivity contribution < 1.29 is 4.79 Å². The number of aromatic nitrogens is 2.